The number of hydrogen-bond donors (Lipinski definition) is 1. The molecule has 30 heavy (non-hydrogen) atoms. The molecule has 0 saturated carbocycles. The third-order valence-electron chi connectivity index (χ3n) is 5.07. The maximum absolute atomic E-state index is 13.1. The minimum atomic E-state index is -3.72. The van der Waals surface area contributed by atoms with Gasteiger partial charge in [-0.2, -0.15) is 0 Å². The van der Waals surface area contributed by atoms with Gasteiger partial charge in [-0.15, -0.1) is 0 Å². The van der Waals surface area contributed by atoms with Gasteiger partial charge in [-0.3, -0.25) is 9.03 Å². The summed E-state index contributed by atoms with van der Waals surface area (Å²) >= 11 is 0. The first kappa shape index (κ1) is 20.4. The molecule has 0 saturated heterocycles. The van der Waals surface area contributed by atoms with Gasteiger partial charge in [0.2, 0.25) is 0 Å². The predicted octanol–water partition coefficient (Wildman–Crippen LogP) is 3.94. The van der Waals surface area contributed by atoms with E-state index in [2.05, 4.69) is 4.72 Å². The highest BCUT2D eigenvalue weighted by Crippen LogP contribution is 2.34. The maximum Gasteiger partial charge on any atom is 0.264 e. The lowest BCUT2D eigenvalue weighted by Crippen LogP contribution is -2.35. The normalized spacial score (nSPS) is 14.2. The summed E-state index contributed by atoms with van der Waals surface area (Å²) in [7, 11) is -7.40. The van der Waals surface area contributed by atoms with Gasteiger partial charge in [0.05, 0.1) is 15.5 Å². The SMILES string of the molecule is Cc1ccc(S(=O)(=O)Nc2ccc3c(c2)CCCN3S(=O)(=O)c2ccccc2)cc1. The molecule has 0 aliphatic carbocycles. The summed E-state index contributed by atoms with van der Waals surface area (Å²) in [6.45, 7) is 2.28. The number of anilines is 2. The predicted molar refractivity (Wildman–Crippen MR) is 118 cm³/mol. The van der Waals surface area contributed by atoms with Crippen LogP contribution in [0.5, 0.6) is 0 Å². The quantitative estimate of drug-likeness (QED) is 0.649. The number of fused-ring (bicyclic) bond motifs is 1. The maximum atomic E-state index is 13.1. The molecule has 0 bridgehead atoms. The molecule has 3 aromatic rings. The van der Waals surface area contributed by atoms with Gasteiger partial charge in [0, 0.05) is 12.2 Å². The first-order valence-electron chi connectivity index (χ1n) is 9.58. The van der Waals surface area contributed by atoms with Crippen LogP contribution in [0.2, 0.25) is 0 Å². The summed E-state index contributed by atoms with van der Waals surface area (Å²) in [6.07, 6.45) is 1.34. The third kappa shape index (κ3) is 3.93. The van der Waals surface area contributed by atoms with E-state index in [1.165, 1.54) is 4.31 Å². The molecule has 0 atom stereocenters. The number of nitrogens with one attached hydrogen (secondary N) is 1. The van der Waals surface area contributed by atoms with Crippen molar-refractivity contribution in [2.45, 2.75) is 29.6 Å². The number of aryl methyl sites for hydroxylation is 2. The van der Waals surface area contributed by atoms with Crippen LogP contribution in [0.4, 0.5) is 11.4 Å². The molecule has 1 aliphatic heterocycles. The molecule has 1 aliphatic rings. The van der Waals surface area contributed by atoms with Crippen molar-refractivity contribution in [3.63, 3.8) is 0 Å². The van der Waals surface area contributed by atoms with Crippen LogP contribution in [0, 0.1) is 6.92 Å². The highest BCUT2D eigenvalue weighted by molar-refractivity contribution is 7.93. The summed E-state index contributed by atoms with van der Waals surface area (Å²) in [5.74, 6) is 0. The highest BCUT2D eigenvalue weighted by atomic mass is 32.2. The Bertz CT molecular complexity index is 1270. The zero-order valence-corrected chi connectivity index (χ0v) is 18.1. The van der Waals surface area contributed by atoms with Crippen molar-refractivity contribution in [3.8, 4) is 0 Å². The average molecular weight is 443 g/mol. The monoisotopic (exact) mass is 442 g/mol. The standard InChI is InChI=1S/C22H22N2O4S2/c1-17-9-12-20(13-10-17)29(25,26)23-19-11-14-22-18(16-19)6-5-15-24(22)30(27,28)21-7-3-2-4-8-21/h2-4,7-14,16,23H,5-6,15H2,1H3. The second-order valence-corrected chi connectivity index (χ2v) is 10.8. The van der Waals surface area contributed by atoms with Crippen LogP contribution in [0.1, 0.15) is 17.5 Å². The van der Waals surface area contributed by atoms with Crippen molar-refractivity contribution in [1.29, 1.82) is 0 Å². The van der Waals surface area contributed by atoms with Crippen LogP contribution >= 0.6 is 0 Å². The number of hydrogen-bond acceptors (Lipinski definition) is 4. The first-order valence-corrected chi connectivity index (χ1v) is 12.5. The van der Waals surface area contributed by atoms with Crippen LogP contribution in [-0.2, 0) is 26.5 Å². The van der Waals surface area contributed by atoms with E-state index in [0.29, 0.717) is 30.8 Å². The molecule has 6 nitrogen and oxygen atoms in total. The lowest BCUT2D eigenvalue weighted by atomic mass is 10.0. The Hall–Kier alpha value is -2.84. The molecule has 156 valence electrons. The lowest BCUT2D eigenvalue weighted by molar-refractivity contribution is 0.586. The fourth-order valence-electron chi connectivity index (χ4n) is 3.53. The number of nitrogens with zero attached hydrogens (tertiary/aromatic N) is 1. The Labute approximate surface area is 177 Å². The fourth-order valence-corrected chi connectivity index (χ4v) is 6.14. The molecule has 4 rings (SSSR count). The summed E-state index contributed by atoms with van der Waals surface area (Å²) in [5.41, 5.74) is 2.77. The van der Waals surface area contributed by atoms with Gasteiger partial charge in [0.15, 0.2) is 0 Å². The topological polar surface area (TPSA) is 83.6 Å². The van der Waals surface area contributed by atoms with E-state index >= 15 is 0 Å². The van der Waals surface area contributed by atoms with E-state index in [1.807, 2.05) is 6.92 Å². The van der Waals surface area contributed by atoms with E-state index < -0.39 is 20.0 Å². The van der Waals surface area contributed by atoms with Crippen LogP contribution in [0.15, 0.2) is 82.6 Å². The summed E-state index contributed by atoms with van der Waals surface area (Å²) in [6, 6.07) is 19.9. The second-order valence-electron chi connectivity index (χ2n) is 7.26. The molecule has 0 spiro atoms. The van der Waals surface area contributed by atoms with Crippen molar-refractivity contribution < 1.29 is 16.8 Å². The van der Waals surface area contributed by atoms with Crippen LogP contribution in [-0.4, -0.2) is 23.4 Å². The number of rotatable bonds is 5. The van der Waals surface area contributed by atoms with Gasteiger partial charge < -0.3 is 0 Å². The highest BCUT2D eigenvalue weighted by Gasteiger charge is 2.29. The molecule has 3 aromatic carbocycles. The summed E-state index contributed by atoms with van der Waals surface area (Å²) in [5, 5.41) is 0. The van der Waals surface area contributed by atoms with Crippen LogP contribution < -0.4 is 9.03 Å². The van der Waals surface area contributed by atoms with Crippen LogP contribution in [0.25, 0.3) is 0 Å². The molecular weight excluding hydrogens is 420 g/mol. The van der Waals surface area contributed by atoms with E-state index in [1.54, 1.807) is 72.8 Å². The summed E-state index contributed by atoms with van der Waals surface area (Å²) < 4.78 is 55.5. The lowest BCUT2D eigenvalue weighted by Gasteiger charge is -2.31. The van der Waals surface area contributed by atoms with Crippen molar-refractivity contribution in [1.82, 2.24) is 0 Å². The van der Waals surface area contributed by atoms with Gasteiger partial charge in [-0.1, -0.05) is 35.9 Å². The molecule has 1 heterocycles. The minimum Gasteiger partial charge on any atom is -0.280 e. The van der Waals surface area contributed by atoms with Crippen LogP contribution in [0.3, 0.4) is 0 Å². The van der Waals surface area contributed by atoms with Gasteiger partial charge >= 0.3 is 0 Å². The smallest absolute Gasteiger partial charge is 0.264 e. The van der Waals surface area contributed by atoms with Gasteiger partial charge in [-0.05, 0) is 67.8 Å². The zero-order chi connectivity index (χ0) is 21.4. The Kier molecular flexibility index (Phi) is 5.29. The second kappa shape index (κ2) is 7.77. The van der Waals surface area contributed by atoms with Crippen molar-refractivity contribution in [3.05, 3.63) is 83.9 Å². The van der Waals surface area contributed by atoms with Gasteiger partial charge in [0.25, 0.3) is 20.0 Å². The Morgan fingerprint density at radius 3 is 2.23 bits per heavy atom. The summed E-state index contributed by atoms with van der Waals surface area (Å²) in [4.78, 5) is 0.418. The molecule has 8 heteroatoms. The number of sulfonamides is 2. The molecule has 0 fully saturated rings. The molecule has 0 unspecified atom stereocenters. The van der Waals surface area contributed by atoms with Crippen molar-refractivity contribution >= 4 is 31.4 Å². The van der Waals surface area contributed by atoms with Gasteiger partial charge in [-0.25, -0.2) is 16.8 Å². The average Bonchev–Trinajstić information content (AvgIpc) is 2.74. The van der Waals surface area contributed by atoms with E-state index in [-0.39, 0.29) is 9.79 Å². The van der Waals surface area contributed by atoms with E-state index in [0.717, 1.165) is 11.1 Å². The van der Waals surface area contributed by atoms with E-state index in [9.17, 15) is 16.8 Å². The Balaban J connectivity index is 1.65. The Morgan fingerprint density at radius 1 is 0.833 bits per heavy atom. The van der Waals surface area contributed by atoms with Crippen molar-refractivity contribution in [2.75, 3.05) is 15.6 Å². The molecular formula is C22H22N2O4S2. The largest absolute Gasteiger partial charge is 0.280 e. The molecule has 1 N–H and O–H groups in total. The Morgan fingerprint density at radius 2 is 1.53 bits per heavy atom. The number of benzene rings is 3. The van der Waals surface area contributed by atoms with E-state index in [4.69, 9.17) is 0 Å². The first-order chi connectivity index (χ1) is 14.3. The molecule has 0 radical (unpaired) electrons. The van der Waals surface area contributed by atoms with Gasteiger partial charge in [0.1, 0.15) is 0 Å². The zero-order valence-electron chi connectivity index (χ0n) is 16.4. The minimum absolute atomic E-state index is 0.180. The van der Waals surface area contributed by atoms with Crippen molar-refractivity contribution in [2.24, 2.45) is 0 Å². The molecule has 0 amide bonds. The third-order valence-corrected chi connectivity index (χ3v) is 8.29. The molecule has 0 aromatic heterocycles. The fraction of sp³-hybridized carbons (Fsp3) is 0.182.